The molecule has 0 N–H and O–H groups in total. The molecular weight excluding hydrogens is 358 g/mol. The van der Waals surface area contributed by atoms with Crippen LogP contribution in [0, 0.1) is 11.8 Å². The molecule has 3 heterocycles. The van der Waals surface area contributed by atoms with Gasteiger partial charge in [-0.15, -0.1) is 0 Å². The normalized spacial score (nSPS) is 23.6. The summed E-state index contributed by atoms with van der Waals surface area (Å²) in [6.45, 7) is 13.2. The second-order valence-corrected chi connectivity index (χ2v) is 12.1. The Morgan fingerprint density at radius 1 is 1.11 bits per heavy atom. The Morgan fingerprint density at radius 3 is 2.41 bits per heavy atom. The van der Waals surface area contributed by atoms with E-state index in [0.29, 0.717) is 5.92 Å². The van der Waals surface area contributed by atoms with Gasteiger partial charge in [-0.1, -0.05) is 6.92 Å². The maximum atomic E-state index is 12.6. The molecule has 0 spiro atoms. The van der Waals surface area contributed by atoms with Crippen molar-refractivity contribution in [1.29, 1.82) is 0 Å². The number of nitrogens with zero attached hydrogens (tertiary/aromatic N) is 3. The SMILES string of the molecule is CC1CCN(CC2CCCN(c3ccc(S(=O)(=O)C(C)(C)C)nc3)C2)CC1. The van der Waals surface area contributed by atoms with Crippen LogP contribution in [-0.4, -0.2) is 55.8 Å². The fourth-order valence-electron chi connectivity index (χ4n) is 4.09. The highest BCUT2D eigenvalue weighted by Crippen LogP contribution is 2.28. The summed E-state index contributed by atoms with van der Waals surface area (Å²) in [5, 5.41) is 0.176. The van der Waals surface area contributed by atoms with E-state index < -0.39 is 14.6 Å². The van der Waals surface area contributed by atoms with Crippen LogP contribution in [-0.2, 0) is 9.84 Å². The van der Waals surface area contributed by atoms with Gasteiger partial charge in [-0.3, -0.25) is 0 Å². The molecule has 6 heteroatoms. The van der Waals surface area contributed by atoms with Crippen molar-refractivity contribution >= 4 is 15.5 Å². The third kappa shape index (κ3) is 4.83. The van der Waals surface area contributed by atoms with Crippen molar-refractivity contribution in [2.45, 2.75) is 63.2 Å². The average molecular weight is 394 g/mol. The van der Waals surface area contributed by atoms with Gasteiger partial charge >= 0.3 is 0 Å². The van der Waals surface area contributed by atoms with Crippen molar-refractivity contribution in [2.24, 2.45) is 11.8 Å². The summed E-state index contributed by atoms with van der Waals surface area (Å²) in [5.41, 5.74) is 1.04. The third-order valence-electron chi connectivity index (χ3n) is 6.08. The lowest BCUT2D eigenvalue weighted by Crippen LogP contribution is -2.43. The first kappa shape index (κ1) is 20.6. The van der Waals surface area contributed by atoms with Crippen LogP contribution in [0.25, 0.3) is 0 Å². The largest absolute Gasteiger partial charge is 0.370 e. The Balaban J connectivity index is 1.63. The van der Waals surface area contributed by atoms with Gasteiger partial charge in [0.15, 0.2) is 14.9 Å². The van der Waals surface area contributed by atoms with E-state index in [4.69, 9.17) is 0 Å². The molecule has 0 aromatic carbocycles. The highest BCUT2D eigenvalue weighted by atomic mass is 32.2. The molecule has 3 rings (SSSR count). The lowest BCUT2D eigenvalue weighted by Gasteiger charge is -2.38. The molecule has 0 aliphatic carbocycles. The molecule has 0 amide bonds. The van der Waals surface area contributed by atoms with E-state index in [2.05, 4.69) is 21.7 Å². The Kier molecular flexibility index (Phi) is 6.16. The van der Waals surface area contributed by atoms with Gasteiger partial charge in [0.25, 0.3) is 0 Å². The first-order chi connectivity index (χ1) is 12.7. The molecule has 152 valence electrons. The van der Waals surface area contributed by atoms with Crippen LogP contribution in [0.1, 0.15) is 53.4 Å². The fourth-order valence-corrected chi connectivity index (χ4v) is 5.16. The number of rotatable bonds is 4. The van der Waals surface area contributed by atoms with Gasteiger partial charge < -0.3 is 9.80 Å². The van der Waals surface area contributed by atoms with Crippen LogP contribution >= 0.6 is 0 Å². The smallest absolute Gasteiger partial charge is 0.200 e. The van der Waals surface area contributed by atoms with E-state index in [0.717, 1.165) is 24.7 Å². The van der Waals surface area contributed by atoms with E-state index in [9.17, 15) is 8.42 Å². The number of piperidine rings is 2. The first-order valence-electron chi connectivity index (χ1n) is 10.3. The predicted molar refractivity (Wildman–Crippen MR) is 111 cm³/mol. The van der Waals surface area contributed by atoms with E-state index in [1.807, 2.05) is 6.07 Å². The minimum absolute atomic E-state index is 0.176. The summed E-state index contributed by atoms with van der Waals surface area (Å²) < 4.78 is 24.3. The molecule has 1 aromatic rings. The molecule has 2 aliphatic rings. The molecule has 2 fully saturated rings. The Morgan fingerprint density at radius 2 is 1.81 bits per heavy atom. The Labute approximate surface area is 165 Å². The zero-order valence-corrected chi connectivity index (χ0v) is 18.1. The van der Waals surface area contributed by atoms with E-state index in [1.165, 1.54) is 45.3 Å². The monoisotopic (exact) mass is 393 g/mol. The molecule has 27 heavy (non-hydrogen) atoms. The molecule has 2 saturated heterocycles. The second-order valence-electron chi connectivity index (χ2n) is 9.41. The summed E-state index contributed by atoms with van der Waals surface area (Å²) in [6.07, 6.45) is 6.86. The number of pyridine rings is 1. The van der Waals surface area contributed by atoms with Gasteiger partial charge in [0.1, 0.15) is 0 Å². The van der Waals surface area contributed by atoms with Gasteiger partial charge in [0.2, 0.25) is 0 Å². The van der Waals surface area contributed by atoms with Crippen molar-refractivity contribution < 1.29 is 8.42 Å². The molecule has 5 nitrogen and oxygen atoms in total. The number of likely N-dealkylation sites (tertiary alicyclic amines) is 1. The summed E-state index contributed by atoms with van der Waals surface area (Å²) in [7, 11) is -3.39. The van der Waals surface area contributed by atoms with Gasteiger partial charge in [-0.2, -0.15) is 0 Å². The number of hydrogen-bond donors (Lipinski definition) is 0. The fraction of sp³-hybridized carbons (Fsp3) is 0.762. The lowest BCUT2D eigenvalue weighted by molar-refractivity contribution is 0.159. The van der Waals surface area contributed by atoms with Crippen LogP contribution in [0.5, 0.6) is 0 Å². The van der Waals surface area contributed by atoms with Crippen molar-refractivity contribution in [3.8, 4) is 0 Å². The van der Waals surface area contributed by atoms with Gasteiger partial charge in [0, 0.05) is 19.6 Å². The van der Waals surface area contributed by atoms with Crippen molar-refractivity contribution in [1.82, 2.24) is 9.88 Å². The summed E-state index contributed by atoms with van der Waals surface area (Å²) in [5.74, 6) is 1.56. The van der Waals surface area contributed by atoms with E-state index >= 15 is 0 Å². The summed E-state index contributed by atoms with van der Waals surface area (Å²) in [6, 6.07) is 3.60. The summed E-state index contributed by atoms with van der Waals surface area (Å²) in [4.78, 5) is 9.31. The molecule has 0 radical (unpaired) electrons. The molecular formula is C21H35N3O2S. The Bertz CT molecular complexity index is 717. The van der Waals surface area contributed by atoms with Crippen LogP contribution in [0.3, 0.4) is 0 Å². The zero-order chi connectivity index (χ0) is 19.7. The number of hydrogen-bond acceptors (Lipinski definition) is 5. The van der Waals surface area contributed by atoms with Crippen molar-refractivity contribution in [3.63, 3.8) is 0 Å². The van der Waals surface area contributed by atoms with Gasteiger partial charge in [-0.05, 0) is 83.5 Å². The first-order valence-corrected chi connectivity index (χ1v) is 11.8. The van der Waals surface area contributed by atoms with Gasteiger partial charge in [0.05, 0.1) is 16.6 Å². The quantitative estimate of drug-likeness (QED) is 0.782. The number of anilines is 1. The van der Waals surface area contributed by atoms with E-state index in [1.54, 1.807) is 33.0 Å². The molecule has 2 aliphatic heterocycles. The maximum Gasteiger partial charge on any atom is 0.200 e. The van der Waals surface area contributed by atoms with Crippen LogP contribution < -0.4 is 4.90 Å². The lowest BCUT2D eigenvalue weighted by atomic mass is 9.94. The van der Waals surface area contributed by atoms with Crippen molar-refractivity contribution in [2.75, 3.05) is 37.6 Å². The minimum Gasteiger partial charge on any atom is -0.370 e. The molecule has 1 atom stereocenters. The topological polar surface area (TPSA) is 53.5 Å². The maximum absolute atomic E-state index is 12.6. The minimum atomic E-state index is -3.39. The number of aromatic nitrogens is 1. The van der Waals surface area contributed by atoms with E-state index in [-0.39, 0.29) is 5.03 Å². The highest BCUT2D eigenvalue weighted by molar-refractivity contribution is 7.92. The molecule has 0 bridgehead atoms. The zero-order valence-electron chi connectivity index (χ0n) is 17.3. The third-order valence-corrected chi connectivity index (χ3v) is 8.48. The van der Waals surface area contributed by atoms with Crippen LogP contribution in [0.2, 0.25) is 0 Å². The van der Waals surface area contributed by atoms with Crippen molar-refractivity contribution in [3.05, 3.63) is 18.3 Å². The summed E-state index contributed by atoms with van der Waals surface area (Å²) >= 11 is 0. The molecule has 1 aromatic heterocycles. The Hall–Kier alpha value is -1.14. The van der Waals surface area contributed by atoms with Crippen LogP contribution in [0.4, 0.5) is 5.69 Å². The number of sulfone groups is 1. The molecule has 0 saturated carbocycles. The molecule has 1 unspecified atom stereocenters. The average Bonchev–Trinajstić information content (AvgIpc) is 2.63. The standard InChI is InChI=1S/C21H35N3O2S/c1-17-9-12-23(13-10-17)15-18-6-5-11-24(16-18)19-7-8-20(22-14-19)27(25,26)21(2,3)4/h7-8,14,17-18H,5-6,9-13,15-16H2,1-4H3. The predicted octanol–water partition coefficient (Wildman–Crippen LogP) is 3.60. The second kappa shape index (κ2) is 8.08. The van der Waals surface area contributed by atoms with Gasteiger partial charge in [-0.25, -0.2) is 13.4 Å². The van der Waals surface area contributed by atoms with Crippen LogP contribution in [0.15, 0.2) is 23.4 Å². The highest BCUT2D eigenvalue weighted by Gasteiger charge is 2.32.